The summed E-state index contributed by atoms with van der Waals surface area (Å²) in [6.07, 6.45) is 0.200. The second kappa shape index (κ2) is 6.13. The van der Waals surface area contributed by atoms with Crippen LogP contribution in [0.5, 0.6) is 5.75 Å². The number of aromatic amines is 1. The Morgan fingerprint density at radius 3 is 2.61 bits per heavy atom. The maximum atomic E-state index is 12.3. The van der Waals surface area contributed by atoms with Crippen LogP contribution in [0.4, 0.5) is 8.78 Å². The molecular formula is C13H9Cl2F2N5O. The lowest BCUT2D eigenvalue weighted by Crippen LogP contribution is -2.12. The molecule has 0 atom stereocenters. The molecule has 2 N–H and O–H groups in total. The van der Waals surface area contributed by atoms with Crippen LogP contribution in [-0.4, -0.2) is 32.6 Å². The van der Waals surface area contributed by atoms with E-state index >= 15 is 0 Å². The Hall–Kier alpha value is -2.19. The van der Waals surface area contributed by atoms with Gasteiger partial charge in [0.25, 0.3) is 6.43 Å². The highest BCUT2D eigenvalue weighted by molar-refractivity contribution is 6.37. The van der Waals surface area contributed by atoms with Crippen LogP contribution >= 0.6 is 23.2 Å². The molecule has 0 amide bonds. The normalized spacial score (nSPS) is 11.3. The van der Waals surface area contributed by atoms with Crippen molar-refractivity contribution in [1.29, 1.82) is 5.41 Å². The van der Waals surface area contributed by atoms with Crippen molar-refractivity contribution in [2.75, 3.05) is 6.61 Å². The molecule has 1 aromatic carbocycles. The maximum absolute atomic E-state index is 12.3. The smallest absolute Gasteiger partial charge is 0.272 e. The van der Waals surface area contributed by atoms with Gasteiger partial charge in [0, 0.05) is 0 Å². The molecule has 0 aliphatic carbocycles. The van der Waals surface area contributed by atoms with Crippen molar-refractivity contribution >= 4 is 34.4 Å². The average Bonchev–Trinajstić information content (AvgIpc) is 2.96. The first-order valence-electron chi connectivity index (χ1n) is 6.33. The summed E-state index contributed by atoms with van der Waals surface area (Å²) in [5.74, 6) is -0.0127. The van der Waals surface area contributed by atoms with Gasteiger partial charge in [-0.25, -0.2) is 18.7 Å². The lowest BCUT2D eigenvalue weighted by Gasteiger charge is -2.13. The molecule has 23 heavy (non-hydrogen) atoms. The average molecular weight is 360 g/mol. The molecule has 0 unspecified atom stereocenters. The van der Waals surface area contributed by atoms with Crippen LogP contribution in [0.2, 0.25) is 10.0 Å². The number of rotatable bonds is 4. The van der Waals surface area contributed by atoms with Crippen molar-refractivity contribution in [3.8, 4) is 11.4 Å². The van der Waals surface area contributed by atoms with Gasteiger partial charge in [-0.05, 0) is 12.1 Å². The summed E-state index contributed by atoms with van der Waals surface area (Å²) in [6, 6.07) is 2.99. The van der Waals surface area contributed by atoms with Crippen LogP contribution in [-0.2, 0) is 0 Å². The number of ether oxygens (including phenoxy) is 1. The van der Waals surface area contributed by atoms with Crippen molar-refractivity contribution in [3.63, 3.8) is 0 Å². The number of hydrogen-bond donors (Lipinski definition) is 2. The zero-order valence-corrected chi connectivity index (χ0v) is 12.9. The van der Waals surface area contributed by atoms with E-state index in [-0.39, 0.29) is 21.3 Å². The first-order chi connectivity index (χ1) is 11.0. The molecule has 0 aliphatic rings. The van der Waals surface area contributed by atoms with Crippen LogP contribution in [0.25, 0.3) is 16.9 Å². The summed E-state index contributed by atoms with van der Waals surface area (Å²) in [4.78, 5) is 10.9. The fourth-order valence-electron chi connectivity index (χ4n) is 2.04. The fourth-order valence-corrected chi connectivity index (χ4v) is 2.62. The Labute approximate surface area is 138 Å². The molecule has 3 rings (SSSR count). The zero-order chi connectivity index (χ0) is 16.6. The lowest BCUT2D eigenvalue weighted by molar-refractivity contribution is 0.0820. The quantitative estimate of drug-likeness (QED) is 0.750. The minimum Gasteiger partial charge on any atom is -0.484 e. The number of imidazole rings is 1. The number of H-pyrrole nitrogens is 1. The highest BCUT2D eigenvalue weighted by Gasteiger charge is 2.15. The lowest BCUT2D eigenvalue weighted by atomic mass is 10.3. The monoisotopic (exact) mass is 359 g/mol. The number of fused-ring (bicyclic) bond motifs is 1. The number of alkyl halides is 2. The third kappa shape index (κ3) is 2.99. The van der Waals surface area contributed by atoms with E-state index in [0.29, 0.717) is 16.9 Å². The van der Waals surface area contributed by atoms with Crippen LogP contribution < -0.4 is 10.2 Å². The molecular weight excluding hydrogens is 351 g/mol. The van der Waals surface area contributed by atoms with E-state index in [1.54, 1.807) is 4.57 Å². The van der Waals surface area contributed by atoms with E-state index in [4.69, 9.17) is 33.3 Å². The summed E-state index contributed by atoms with van der Waals surface area (Å²) < 4.78 is 31.0. The first-order valence-corrected chi connectivity index (χ1v) is 7.08. The second-order valence-corrected chi connectivity index (χ2v) is 5.32. The van der Waals surface area contributed by atoms with Crippen molar-refractivity contribution in [3.05, 3.63) is 40.3 Å². The Bertz CT molecular complexity index is 901. The summed E-state index contributed by atoms with van der Waals surface area (Å²) in [5, 5.41) is 7.88. The molecule has 0 radical (unpaired) electrons. The number of aromatic nitrogens is 4. The summed E-state index contributed by atoms with van der Waals surface area (Å²) in [5.41, 5.74) is 1.45. The summed E-state index contributed by atoms with van der Waals surface area (Å²) in [6.45, 7) is -0.801. The number of nitrogens with one attached hydrogen (secondary N) is 2. The molecule has 0 saturated heterocycles. The van der Waals surface area contributed by atoms with E-state index in [1.165, 1.54) is 24.8 Å². The highest BCUT2D eigenvalue weighted by atomic mass is 35.5. The van der Waals surface area contributed by atoms with Crippen molar-refractivity contribution in [2.45, 2.75) is 6.43 Å². The zero-order valence-electron chi connectivity index (χ0n) is 11.4. The van der Waals surface area contributed by atoms with Crippen LogP contribution in [0, 0.1) is 5.41 Å². The molecule has 0 spiro atoms. The molecule has 0 fully saturated rings. The summed E-state index contributed by atoms with van der Waals surface area (Å²) >= 11 is 12.1. The fraction of sp³-hybridized carbons (Fsp3) is 0.154. The minimum atomic E-state index is -2.63. The van der Waals surface area contributed by atoms with Crippen LogP contribution in [0.3, 0.4) is 0 Å². The van der Waals surface area contributed by atoms with E-state index in [9.17, 15) is 8.78 Å². The number of nitrogens with zero attached hydrogens (tertiary/aromatic N) is 3. The van der Waals surface area contributed by atoms with Gasteiger partial charge in [-0.1, -0.05) is 23.2 Å². The highest BCUT2D eigenvalue weighted by Crippen LogP contribution is 2.35. The first kappa shape index (κ1) is 15.7. The third-order valence-electron chi connectivity index (χ3n) is 3.00. The van der Waals surface area contributed by atoms with Gasteiger partial charge in [-0.3, -0.25) is 9.98 Å². The van der Waals surface area contributed by atoms with Gasteiger partial charge in [-0.2, -0.15) is 0 Å². The summed E-state index contributed by atoms with van der Waals surface area (Å²) in [7, 11) is 0. The second-order valence-electron chi connectivity index (χ2n) is 4.50. The van der Waals surface area contributed by atoms with Gasteiger partial charge in [-0.15, -0.1) is 0 Å². The molecule has 120 valence electrons. The predicted molar refractivity (Wildman–Crippen MR) is 80.6 cm³/mol. The van der Waals surface area contributed by atoms with Gasteiger partial charge in [0.1, 0.15) is 18.5 Å². The maximum Gasteiger partial charge on any atom is 0.272 e. The van der Waals surface area contributed by atoms with E-state index < -0.39 is 13.0 Å². The van der Waals surface area contributed by atoms with Crippen LogP contribution in [0.15, 0.2) is 24.8 Å². The van der Waals surface area contributed by atoms with Crippen molar-refractivity contribution in [2.24, 2.45) is 0 Å². The van der Waals surface area contributed by atoms with E-state index in [0.717, 1.165) is 0 Å². The van der Waals surface area contributed by atoms with Gasteiger partial charge in [0.2, 0.25) is 0 Å². The largest absolute Gasteiger partial charge is 0.484 e. The predicted octanol–water partition coefficient (Wildman–Crippen LogP) is 3.18. The van der Waals surface area contributed by atoms with E-state index in [1.807, 2.05) is 0 Å². The molecule has 3 aromatic rings. The Morgan fingerprint density at radius 2 is 1.96 bits per heavy atom. The third-order valence-corrected chi connectivity index (χ3v) is 3.56. The minimum absolute atomic E-state index is 0.0127. The Balaban J connectivity index is 2.08. The number of benzene rings is 1. The molecule has 0 bridgehead atoms. The number of hydrogen-bond acceptors (Lipinski definition) is 4. The van der Waals surface area contributed by atoms with Gasteiger partial charge < -0.3 is 9.72 Å². The molecule has 2 aromatic heterocycles. The Morgan fingerprint density at radius 1 is 1.26 bits per heavy atom. The van der Waals surface area contributed by atoms with Crippen molar-refractivity contribution < 1.29 is 13.5 Å². The van der Waals surface area contributed by atoms with Crippen molar-refractivity contribution in [1.82, 2.24) is 19.5 Å². The molecule has 0 saturated carbocycles. The van der Waals surface area contributed by atoms with Gasteiger partial charge in [0.05, 0.1) is 22.1 Å². The molecule has 0 aliphatic heterocycles. The van der Waals surface area contributed by atoms with Crippen LogP contribution in [0.1, 0.15) is 0 Å². The molecule has 2 heterocycles. The number of halogens is 4. The van der Waals surface area contributed by atoms with Gasteiger partial charge >= 0.3 is 0 Å². The Kier molecular flexibility index (Phi) is 4.18. The topological polar surface area (TPSA) is 79.6 Å². The van der Waals surface area contributed by atoms with Gasteiger partial charge in [0.15, 0.2) is 16.9 Å². The SMILES string of the molecule is N=c1ncn(-c2cc(Cl)c(OCC(F)F)c(Cl)c2)c2nc[nH]c12. The molecule has 10 heteroatoms. The standard InChI is InChI=1S/C13H9Cl2F2N5O/c14-7-1-6(2-8(15)11(7)23-3-9(16)17)22-5-21-12(18)10-13(22)20-4-19-10/h1-2,4-5,9,18H,3H2,(H,19,20). The van der Waals surface area contributed by atoms with E-state index in [2.05, 4.69) is 15.0 Å². The molecule has 6 nitrogen and oxygen atoms in total.